The average molecular weight is 479 g/mol. The molecule has 0 bridgehead atoms. The molecule has 0 spiro atoms. The van der Waals surface area contributed by atoms with Crippen molar-refractivity contribution in [2.24, 2.45) is 0 Å². The summed E-state index contributed by atoms with van der Waals surface area (Å²) in [5, 5.41) is -0.706. The fourth-order valence-electron chi connectivity index (χ4n) is 3.25. The molecule has 0 aliphatic carbocycles. The van der Waals surface area contributed by atoms with Crippen molar-refractivity contribution in [3.8, 4) is 11.5 Å². The van der Waals surface area contributed by atoms with Crippen LogP contribution in [-0.4, -0.2) is 60.8 Å². The summed E-state index contributed by atoms with van der Waals surface area (Å²) in [6.45, 7) is 8.54. The molecule has 2 aromatic rings. The van der Waals surface area contributed by atoms with Crippen LogP contribution in [0.15, 0.2) is 43.0 Å². The zero-order valence-electron chi connectivity index (χ0n) is 19.1. The van der Waals surface area contributed by atoms with Crippen LogP contribution in [0.4, 0.5) is 0 Å². The van der Waals surface area contributed by atoms with Crippen LogP contribution in [0.3, 0.4) is 0 Å². The molecule has 174 valence electrons. The molecule has 1 aromatic heterocycles. The SMILES string of the molecule is C=CCN(CC(=O)N(CCc1ccc(OC)c(OC)c1)Cc1ccc(C)s1)C(=O)C(C)Cl. The number of rotatable bonds is 12. The molecule has 6 nitrogen and oxygen atoms in total. The first kappa shape index (κ1) is 25.7. The van der Waals surface area contributed by atoms with Gasteiger partial charge >= 0.3 is 0 Å². The summed E-state index contributed by atoms with van der Waals surface area (Å²) in [6, 6.07) is 9.81. The smallest absolute Gasteiger partial charge is 0.242 e. The molecule has 0 aliphatic rings. The number of halogens is 1. The zero-order chi connectivity index (χ0) is 23.7. The molecule has 1 aromatic carbocycles. The van der Waals surface area contributed by atoms with Gasteiger partial charge in [-0.05, 0) is 50.1 Å². The molecule has 1 atom stereocenters. The van der Waals surface area contributed by atoms with E-state index in [1.54, 1.807) is 43.5 Å². The summed E-state index contributed by atoms with van der Waals surface area (Å²) in [5.41, 5.74) is 1.02. The van der Waals surface area contributed by atoms with Gasteiger partial charge in [0.05, 0.1) is 20.8 Å². The van der Waals surface area contributed by atoms with E-state index in [-0.39, 0.29) is 24.9 Å². The van der Waals surface area contributed by atoms with Gasteiger partial charge in [-0.2, -0.15) is 0 Å². The highest BCUT2D eigenvalue weighted by Crippen LogP contribution is 2.28. The highest BCUT2D eigenvalue weighted by molar-refractivity contribution is 7.11. The van der Waals surface area contributed by atoms with Gasteiger partial charge in [-0.3, -0.25) is 9.59 Å². The van der Waals surface area contributed by atoms with Gasteiger partial charge in [0, 0.05) is 22.8 Å². The third kappa shape index (κ3) is 7.28. The molecule has 0 radical (unpaired) electrons. The lowest BCUT2D eigenvalue weighted by Crippen LogP contribution is -2.45. The summed E-state index contributed by atoms with van der Waals surface area (Å²) in [5.74, 6) is 0.887. The van der Waals surface area contributed by atoms with E-state index in [1.807, 2.05) is 37.3 Å². The van der Waals surface area contributed by atoms with Gasteiger partial charge in [-0.1, -0.05) is 12.1 Å². The summed E-state index contributed by atoms with van der Waals surface area (Å²) in [7, 11) is 3.19. The maximum Gasteiger partial charge on any atom is 0.242 e. The van der Waals surface area contributed by atoms with E-state index in [4.69, 9.17) is 21.1 Å². The van der Waals surface area contributed by atoms with Gasteiger partial charge < -0.3 is 19.3 Å². The Bertz CT molecular complexity index is 928. The number of nitrogens with zero attached hydrogens (tertiary/aromatic N) is 2. The lowest BCUT2D eigenvalue weighted by atomic mass is 10.1. The number of methoxy groups -OCH3 is 2. The number of thiophene rings is 1. The molecule has 0 saturated carbocycles. The van der Waals surface area contributed by atoms with Crippen molar-refractivity contribution >= 4 is 34.8 Å². The van der Waals surface area contributed by atoms with E-state index in [2.05, 4.69) is 6.58 Å². The van der Waals surface area contributed by atoms with Crippen molar-refractivity contribution < 1.29 is 19.1 Å². The number of amides is 2. The van der Waals surface area contributed by atoms with Crippen LogP contribution in [-0.2, 0) is 22.6 Å². The van der Waals surface area contributed by atoms with Crippen molar-refractivity contribution in [3.63, 3.8) is 0 Å². The minimum absolute atomic E-state index is 0.0434. The number of alkyl halides is 1. The zero-order valence-corrected chi connectivity index (χ0v) is 20.7. The fourth-order valence-corrected chi connectivity index (χ4v) is 4.30. The fraction of sp³-hybridized carbons (Fsp3) is 0.417. The Morgan fingerprint density at radius 2 is 1.88 bits per heavy atom. The minimum Gasteiger partial charge on any atom is -0.493 e. The number of ether oxygens (including phenoxy) is 2. The lowest BCUT2D eigenvalue weighted by molar-refractivity contribution is -0.140. The lowest BCUT2D eigenvalue weighted by Gasteiger charge is -2.27. The minimum atomic E-state index is -0.706. The summed E-state index contributed by atoms with van der Waals surface area (Å²) < 4.78 is 10.7. The first-order valence-electron chi connectivity index (χ1n) is 10.4. The van der Waals surface area contributed by atoms with E-state index in [9.17, 15) is 9.59 Å². The van der Waals surface area contributed by atoms with E-state index >= 15 is 0 Å². The molecule has 2 amide bonds. The topological polar surface area (TPSA) is 59.1 Å². The van der Waals surface area contributed by atoms with E-state index in [1.165, 1.54) is 9.78 Å². The molecule has 2 rings (SSSR count). The van der Waals surface area contributed by atoms with Gasteiger partial charge in [-0.25, -0.2) is 0 Å². The Labute approximate surface area is 199 Å². The van der Waals surface area contributed by atoms with Crippen molar-refractivity contribution in [2.45, 2.75) is 32.2 Å². The molecule has 0 N–H and O–H groups in total. The number of hydrogen-bond donors (Lipinski definition) is 0. The average Bonchev–Trinajstić information content (AvgIpc) is 3.19. The molecule has 0 saturated heterocycles. The molecule has 0 aliphatic heterocycles. The molecule has 32 heavy (non-hydrogen) atoms. The molecular formula is C24H31ClN2O4S. The normalized spacial score (nSPS) is 11.5. The Hall–Kier alpha value is -2.51. The van der Waals surface area contributed by atoms with Crippen molar-refractivity contribution in [3.05, 3.63) is 58.3 Å². The Kier molecular flexibility index (Phi) is 10.1. The molecule has 0 fully saturated rings. The van der Waals surface area contributed by atoms with Gasteiger partial charge in [0.25, 0.3) is 0 Å². The summed E-state index contributed by atoms with van der Waals surface area (Å²) >= 11 is 7.64. The van der Waals surface area contributed by atoms with Crippen LogP contribution in [0.25, 0.3) is 0 Å². The van der Waals surface area contributed by atoms with Crippen LogP contribution in [0.1, 0.15) is 22.2 Å². The van der Waals surface area contributed by atoms with Gasteiger partial charge in [-0.15, -0.1) is 29.5 Å². The van der Waals surface area contributed by atoms with Crippen molar-refractivity contribution in [1.29, 1.82) is 0 Å². The highest BCUT2D eigenvalue weighted by Gasteiger charge is 2.23. The summed E-state index contributed by atoms with van der Waals surface area (Å²) in [6.07, 6.45) is 2.23. The number of carbonyl (C=O) groups is 2. The molecular weight excluding hydrogens is 448 g/mol. The number of aryl methyl sites for hydroxylation is 1. The summed E-state index contributed by atoms with van der Waals surface area (Å²) in [4.78, 5) is 31.1. The van der Waals surface area contributed by atoms with E-state index < -0.39 is 5.38 Å². The number of hydrogen-bond acceptors (Lipinski definition) is 5. The second kappa shape index (κ2) is 12.5. The van der Waals surface area contributed by atoms with Crippen LogP contribution >= 0.6 is 22.9 Å². The first-order chi connectivity index (χ1) is 15.3. The van der Waals surface area contributed by atoms with Crippen LogP contribution in [0.2, 0.25) is 0 Å². The molecule has 8 heteroatoms. The van der Waals surface area contributed by atoms with Gasteiger partial charge in [0.15, 0.2) is 11.5 Å². The van der Waals surface area contributed by atoms with E-state index in [0.29, 0.717) is 31.0 Å². The maximum atomic E-state index is 13.2. The van der Waals surface area contributed by atoms with E-state index in [0.717, 1.165) is 10.4 Å². The predicted octanol–water partition coefficient (Wildman–Crippen LogP) is 4.29. The molecule has 1 heterocycles. The quantitative estimate of drug-likeness (QED) is 0.337. The number of carbonyl (C=O) groups excluding carboxylic acids is 2. The van der Waals surface area contributed by atoms with Crippen molar-refractivity contribution in [2.75, 3.05) is 33.9 Å². The largest absolute Gasteiger partial charge is 0.493 e. The van der Waals surface area contributed by atoms with Gasteiger partial charge in [0.1, 0.15) is 11.9 Å². The monoisotopic (exact) mass is 478 g/mol. The van der Waals surface area contributed by atoms with Crippen LogP contribution in [0.5, 0.6) is 11.5 Å². The maximum absolute atomic E-state index is 13.2. The first-order valence-corrected chi connectivity index (χ1v) is 11.6. The Balaban J connectivity index is 2.18. The highest BCUT2D eigenvalue weighted by atomic mass is 35.5. The van der Waals surface area contributed by atoms with Crippen LogP contribution < -0.4 is 9.47 Å². The van der Waals surface area contributed by atoms with Crippen LogP contribution in [0, 0.1) is 6.92 Å². The second-order valence-electron chi connectivity index (χ2n) is 7.39. The third-order valence-corrected chi connectivity index (χ3v) is 6.11. The Morgan fingerprint density at radius 3 is 2.44 bits per heavy atom. The predicted molar refractivity (Wildman–Crippen MR) is 130 cm³/mol. The standard InChI is InChI=1S/C24H31ClN2O4S/c1-6-12-27(24(29)18(3)25)16-23(28)26(15-20-9-7-17(2)32-20)13-11-19-8-10-21(30-4)22(14-19)31-5/h6-10,14,18H,1,11-13,15-16H2,2-5H3. The second-order valence-corrected chi connectivity index (χ2v) is 9.42. The van der Waals surface area contributed by atoms with Crippen molar-refractivity contribution in [1.82, 2.24) is 9.80 Å². The van der Waals surface area contributed by atoms with Gasteiger partial charge in [0.2, 0.25) is 11.8 Å². The third-order valence-electron chi connectivity index (χ3n) is 4.94. The Morgan fingerprint density at radius 1 is 1.16 bits per heavy atom. The number of benzene rings is 1. The molecule has 1 unspecified atom stereocenters.